The number of hydrogen-bond donors (Lipinski definition) is 0. The molecular formula is C18H26O2. The number of ether oxygens (including phenoxy) is 1. The number of aryl methyl sites for hydroxylation is 1. The molecule has 0 radical (unpaired) electrons. The van der Waals surface area contributed by atoms with E-state index in [1.54, 1.807) is 0 Å². The van der Waals surface area contributed by atoms with E-state index in [0.29, 0.717) is 17.9 Å². The van der Waals surface area contributed by atoms with Crippen LogP contribution in [0.5, 0.6) is 5.75 Å². The van der Waals surface area contributed by atoms with Gasteiger partial charge in [-0.15, -0.1) is 0 Å². The van der Waals surface area contributed by atoms with Gasteiger partial charge in [0.15, 0.2) is 0 Å². The Kier molecular flexibility index (Phi) is 4.85. The molecule has 2 rings (SSSR count). The Bertz CT molecular complexity index is 464. The fraction of sp³-hybridized carbons (Fsp3) is 0.611. The summed E-state index contributed by atoms with van der Waals surface area (Å²) in [6.45, 7) is 8.85. The van der Waals surface area contributed by atoms with Crippen molar-refractivity contribution in [2.24, 2.45) is 17.8 Å². The Hall–Kier alpha value is -1.31. The van der Waals surface area contributed by atoms with E-state index in [-0.39, 0.29) is 0 Å². The van der Waals surface area contributed by atoms with Gasteiger partial charge in [-0.3, -0.25) is 4.79 Å². The molecule has 1 aromatic rings. The van der Waals surface area contributed by atoms with Crippen molar-refractivity contribution in [3.05, 3.63) is 29.3 Å². The third-order valence-corrected chi connectivity index (χ3v) is 4.62. The molecule has 1 aromatic carbocycles. The Balaban J connectivity index is 2.13. The van der Waals surface area contributed by atoms with Crippen LogP contribution in [0.2, 0.25) is 0 Å². The molecule has 1 aliphatic carbocycles. The van der Waals surface area contributed by atoms with Gasteiger partial charge in [0.2, 0.25) is 0 Å². The molecule has 2 nitrogen and oxygen atoms in total. The zero-order valence-corrected chi connectivity index (χ0v) is 13.1. The summed E-state index contributed by atoms with van der Waals surface area (Å²) in [5, 5.41) is 0. The van der Waals surface area contributed by atoms with Crippen LogP contribution in [0.3, 0.4) is 0 Å². The third-order valence-electron chi connectivity index (χ3n) is 4.62. The number of hydrogen-bond acceptors (Lipinski definition) is 2. The molecule has 0 saturated heterocycles. The summed E-state index contributed by atoms with van der Waals surface area (Å²) in [4.78, 5) is 10.9. The minimum absolute atomic E-state index is 0.306. The Labute approximate surface area is 122 Å². The molecule has 3 unspecified atom stereocenters. The van der Waals surface area contributed by atoms with Gasteiger partial charge in [0.1, 0.15) is 18.1 Å². The van der Waals surface area contributed by atoms with Gasteiger partial charge >= 0.3 is 0 Å². The van der Waals surface area contributed by atoms with Gasteiger partial charge in [-0.05, 0) is 61.3 Å². The lowest BCUT2D eigenvalue weighted by molar-refractivity contribution is 0.0460. The molecule has 0 spiro atoms. The first-order valence-corrected chi connectivity index (χ1v) is 7.73. The molecular weight excluding hydrogens is 248 g/mol. The first kappa shape index (κ1) is 15.1. The smallest absolute Gasteiger partial charge is 0.150 e. The van der Waals surface area contributed by atoms with Crippen molar-refractivity contribution in [2.75, 3.05) is 0 Å². The Morgan fingerprint density at radius 1 is 1.30 bits per heavy atom. The highest BCUT2D eigenvalue weighted by Gasteiger charge is 2.32. The minimum Gasteiger partial charge on any atom is -0.490 e. The number of aldehydes is 1. The number of benzene rings is 1. The third kappa shape index (κ3) is 3.41. The van der Waals surface area contributed by atoms with Crippen molar-refractivity contribution in [1.29, 1.82) is 0 Å². The summed E-state index contributed by atoms with van der Waals surface area (Å²) in [6.07, 6.45) is 4.91. The first-order valence-electron chi connectivity index (χ1n) is 7.73. The molecule has 110 valence electrons. The Morgan fingerprint density at radius 3 is 2.65 bits per heavy atom. The SMILES string of the molecule is Cc1cc(OC2CC(C)CCC2C(C)C)ccc1C=O. The summed E-state index contributed by atoms with van der Waals surface area (Å²) in [7, 11) is 0. The van der Waals surface area contributed by atoms with Crippen LogP contribution in [0.1, 0.15) is 56.0 Å². The maximum atomic E-state index is 10.9. The second-order valence-electron chi connectivity index (χ2n) is 6.62. The van der Waals surface area contributed by atoms with Crippen molar-refractivity contribution < 1.29 is 9.53 Å². The highest BCUT2D eigenvalue weighted by atomic mass is 16.5. The highest BCUT2D eigenvalue weighted by molar-refractivity contribution is 5.77. The maximum absolute atomic E-state index is 10.9. The van der Waals surface area contributed by atoms with Gasteiger partial charge in [0.05, 0.1) is 0 Å². The molecule has 0 aliphatic heterocycles. The number of carbonyl (C=O) groups is 1. The molecule has 0 amide bonds. The molecule has 1 saturated carbocycles. The lowest BCUT2D eigenvalue weighted by Gasteiger charge is -2.37. The summed E-state index contributed by atoms with van der Waals surface area (Å²) < 4.78 is 6.26. The molecule has 3 atom stereocenters. The van der Waals surface area contributed by atoms with Crippen LogP contribution in [-0.2, 0) is 0 Å². The van der Waals surface area contributed by atoms with E-state index in [1.165, 1.54) is 12.8 Å². The monoisotopic (exact) mass is 274 g/mol. The predicted octanol–water partition coefficient (Wildman–Crippen LogP) is 4.65. The summed E-state index contributed by atoms with van der Waals surface area (Å²) in [6, 6.07) is 5.77. The molecule has 1 fully saturated rings. The second kappa shape index (κ2) is 6.43. The fourth-order valence-corrected chi connectivity index (χ4v) is 3.28. The van der Waals surface area contributed by atoms with Crippen LogP contribution in [0, 0.1) is 24.7 Å². The van der Waals surface area contributed by atoms with Crippen LogP contribution < -0.4 is 4.74 Å². The van der Waals surface area contributed by atoms with Crippen molar-refractivity contribution in [3.63, 3.8) is 0 Å². The van der Waals surface area contributed by atoms with E-state index in [1.807, 2.05) is 25.1 Å². The van der Waals surface area contributed by atoms with E-state index in [4.69, 9.17) is 4.74 Å². The number of rotatable bonds is 4. The summed E-state index contributed by atoms with van der Waals surface area (Å²) >= 11 is 0. The standard InChI is InChI=1S/C18H26O2/c1-12(2)17-8-5-13(3)9-18(17)20-16-7-6-15(11-19)14(4)10-16/h6-7,10-13,17-18H,5,8-9H2,1-4H3. The van der Waals surface area contributed by atoms with Crippen LogP contribution in [0.15, 0.2) is 18.2 Å². The second-order valence-corrected chi connectivity index (χ2v) is 6.62. The zero-order valence-electron chi connectivity index (χ0n) is 13.1. The van der Waals surface area contributed by atoms with Gasteiger partial charge in [-0.25, -0.2) is 0 Å². The fourth-order valence-electron chi connectivity index (χ4n) is 3.28. The van der Waals surface area contributed by atoms with E-state index in [0.717, 1.165) is 35.5 Å². The largest absolute Gasteiger partial charge is 0.490 e. The minimum atomic E-state index is 0.306. The van der Waals surface area contributed by atoms with Crippen molar-refractivity contribution in [3.8, 4) is 5.75 Å². The molecule has 20 heavy (non-hydrogen) atoms. The van der Waals surface area contributed by atoms with E-state index in [2.05, 4.69) is 20.8 Å². The quantitative estimate of drug-likeness (QED) is 0.747. The number of carbonyl (C=O) groups excluding carboxylic acids is 1. The average Bonchev–Trinajstić information content (AvgIpc) is 2.38. The van der Waals surface area contributed by atoms with Gasteiger partial charge in [-0.2, -0.15) is 0 Å². The van der Waals surface area contributed by atoms with Crippen LogP contribution in [-0.4, -0.2) is 12.4 Å². The summed E-state index contributed by atoms with van der Waals surface area (Å²) in [5.41, 5.74) is 1.73. The molecule has 1 aliphatic rings. The van der Waals surface area contributed by atoms with Crippen molar-refractivity contribution in [2.45, 2.75) is 53.1 Å². The van der Waals surface area contributed by atoms with E-state index in [9.17, 15) is 4.79 Å². The van der Waals surface area contributed by atoms with Gasteiger partial charge in [0.25, 0.3) is 0 Å². The molecule has 0 heterocycles. The Morgan fingerprint density at radius 2 is 2.05 bits per heavy atom. The highest BCUT2D eigenvalue weighted by Crippen LogP contribution is 2.36. The zero-order chi connectivity index (χ0) is 14.7. The predicted molar refractivity (Wildman–Crippen MR) is 82.3 cm³/mol. The van der Waals surface area contributed by atoms with Crippen molar-refractivity contribution in [1.82, 2.24) is 0 Å². The normalized spacial score (nSPS) is 26.6. The molecule has 2 heteroatoms. The lowest BCUT2D eigenvalue weighted by Crippen LogP contribution is -2.36. The van der Waals surface area contributed by atoms with E-state index < -0.39 is 0 Å². The topological polar surface area (TPSA) is 26.3 Å². The summed E-state index contributed by atoms with van der Waals surface area (Å²) in [5.74, 6) is 2.93. The average molecular weight is 274 g/mol. The van der Waals surface area contributed by atoms with Crippen LogP contribution in [0.25, 0.3) is 0 Å². The van der Waals surface area contributed by atoms with Crippen LogP contribution >= 0.6 is 0 Å². The lowest BCUT2D eigenvalue weighted by atomic mass is 9.75. The molecule has 0 N–H and O–H groups in total. The van der Waals surface area contributed by atoms with Gasteiger partial charge < -0.3 is 4.74 Å². The molecule has 0 bridgehead atoms. The van der Waals surface area contributed by atoms with Crippen molar-refractivity contribution >= 4 is 6.29 Å². The molecule has 0 aromatic heterocycles. The van der Waals surface area contributed by atoms with Crippen LogP contribution in [0.4, 0.5) is 0 Å². The van der Waals surface area contributed by atoms with E-state index >= 15 is 0 Å². The first-order chi connectivity index (χ1) is 9.51. The maximum Gasteiger partial charge on any atom is 0.150 e. The van der Waals surface area contributed by atoms with Gasteiger partial charge in [0, 0.05) is 5.56 Å². The van der Waals surface area contributed by atoms with Gasteiger partial charge in [-0.1, -0.05) is 27.2 Å².